The molecule has 4 N–H and O–H groups in total. The van der Waals surface area contributed by atoms with E-state index in [9.17, 15) is 9.59 Å². The Labute approximate surface area is 165 Å². The second-order valence-corrected chi connectivity index (χ2v) is 7.29. The molecule has 0 saturated heterocycles. The number of para-hydroxylation sites is 1. The molecule has 2 rings (SSSR count). The summed E-state index contributed by atoms with van der Waals surface area (Å²) in [5.74, 6) is -0.420. The predicted octanol–water partition coefficient (Wildman–Crippen LogP) is 2.72. The largest absolute Gasteiger partial charge is 0.342 e. The molecule has 5 nitrogen and oxygen atoms in total. The molecule has 0 aliphatic rings. The number of aryl methyl sites for hydroxylation is 2. The lowest BCUT2D eigenvalue weighted by Crippen LogP contribution is -2.92. The quantitative estimate of drug-likeness (QED) is 0.682. The highest BCUT2D eigenvalue weighted by molar-refractivity contribution is 6.30. The van der Waals surface area contributed by atoms with Gasteiger partial charge in [-0.25, -0.2) is 0 Å². The van der Waals surface area contributed by atoms with E-state index < -0.39 is 0 Å². The number of amides is 2. The van der Waals surface area contributed by atoms with Gasteiger partial charge in [0.25, 0.3) is 5.91 Å². The van der Waals surface area contributed by atoms with Crippen molar-refractivity contribution >= 4 is 29.1 Å². The molecule has 0 aromatic heterocycles. The van der Waals surface area contributed by atoms with Crippen LogP contribution in [0.5, 0.6) is 0 Å². The Morgan fingerprint density at radius 2 is 1.70 bits per heavy atom. The van der Waals surface area contributed by atoms with Crippen molar-refractivity contribution < 1.29 is 14.9 Å². The van der Waals surface area contributed by atoms with Gasteiger partial charge >= 0.3 is 0 Å². The normalized spacial score (nSPS) is 12.9. The Balaban J connectivity index is 1.84. The van der Waals surface area contributed by atoms with Crippen LogP contribution in [0.2, 0.25) is 5.02 Å². The van der Waals surface area contributed by atoms with Crippen LogP contribution in [0.25, 0.3) is 0 Å². The van der Waals surface area contributed by atoms with Gasteiger partial charge in [-0.1, -0.05) is 41.9 Å². The zero-order valence-corrected chi connectivity index (χ0v) is 16.9. The van der Waals surface area contributed by atoms with E-state index in [2.05, 4.69) is 10.6 Å². The van der Waals surface area contributed by atoms with Crippen LogP contribution in [0.1, 0.15) is 36.6 Å². The minimum atomic E-state index is -0.327. The number of anilines is 1. The van der Waals surface area contributed by atoms with Crippen LogP contribution in [0.4, 0.5) is 5.69 Å². The van der Waals surface area contributed by atoms with Gasteiger partial charge in [-0.05, 0) is 51.0 Å². The standard InChI is InChI=1S/C21H26ClN3O2/c1-13-7-5-8-14(2)20(13)25-19(26)12-23-21(27)16(4)24-15(3)17-9-6-10-18(22)11-17/h5-11,15-16,24H,12H2,1-4H3,(H,23,27)(H,25,26)/p+1/t15-,16+/m0/s1. The second kappa shape index (κ2) is 9.53. The van der Waals surface area contributed by atoms with Gasteiger partial charge in [0.05, 0.1) is 6.54 Å². The number of hydrogen-bond donors (Lipinski definition) is 3. The Morgan fingerprint density at radius 1 is 1.07 bits per heavy atom. The maximum atomic E-state index is 12.3. The van der Waals surface area contributed by atoms with Crippen LogP contribution in [0.15, 0.2) is 42.5 Å². The fourth-order valence-corrected chi connectivity index (χ4v) is 3.14. The SMILES string of the molecule is Cc1cccc(C)c1NC(=O)CNC(=O)[C@@H](C)[NH2+][C@@H](C)c1cccc(Cl)c1. The average molecular weight is 389 g/mol. The number of quaternary nitrogens is 1. The van der Waals surface area contributed by atoms with Crippen molar-refractivity contribution in [2.45, 2.75) is 39.8 Å². The summed E-state index contributed by atoms with van der Waals surface area (Å²) in [7, 11) is 0. The van der Waals surface area contributed by atoms with Crippen molar-refractivity contribution in [2.75, 3.05) is 11.9 Å². The van der Waals surface area contributed by atoms with Crippen LogP contribution in [0, 0.1) is 13.8 Å². The maximum Gasteiger partial charge on any atom is 0.278 e. The van der Waals surface area contributed by atoms with E-state index in [1.807, 2.05) is 75.5 Å². The molecule has 0 aliphatic heterocycles. The minimum absolute atomic E-state index is 0.0592. The van der Waals surface area contributed by atoms with Gasteiger partial charge in [0, 0.05) is 16.3 Å². The molecule has 0 radical (unpaired) electrons. The smallest absolute Gasteiger partial charge is 0.278 e. The molecular weight excluding hydrogens is 362 g/mol. The zero-order valence-electron chi connectivity index (χ0n) is 16.2. The van der Waals surface area contributed by atoms with E-state index in [1.54, 1.807) is 0 Å². The Bertz CT molecular complexity index is 803. The maximum absolute atomic E-state index is 12.3. The van der Waals surface area contributed by atoms with Crippen molar-refractivity contribution in [1.82, 2.24) is 5.32 Å². The predicted molar refractivity (Wildman–Crippen MR) is 109 cm³/mol. The topological polar surface area (TPSA) is 74.8 Å². The van der Waals surface area contributed by atoms with Crippen LogP contribution < -0.4 is 16.0 Å². The Morgan fingerprint density at radius 3 is 2.33 bits per heavy atom. The van der Waals surface area contributed by atoms with Gasteiger partial charge in [-0.3, -0.25) is 9.59 Å². The molecule has 0 saturated carbocycles. The van der Waals surface area contributed by atoms with Crippen molar-refractivity contribution in [1.29, 1.82) is 0 Å². The lowest BCUT2D eigenvalue weighted by molar-refractivity contribution is -0.710. The van der Waals surface area contributed by atoms with Crippen LogP contribution in [0.3, 0.4) is 0 Å². The first kappa shape index (κ1) is 20.9. The molecule has 2 atom stereocenters. The molecule has 0 unspecified atom stereocenters. The average Bonchev–Trinajstić information content (AvgIpc) is 2.62. The number of nitrogens with two attached hydrogens (primary N) is 1. The van der Waals surface area contributed by atoms with Crippen LogP contribution in [-0.4, -0.2) is 24.4 Å². The Hall–Kier alpha value is -2.37. The van der Waals surface area contributed by atoms with E-state index in [0.29, 0.717) is 5.02 Å². The second-order valence-electron chi connectivity index (χ2n) is 6.86. The van der Waals surface area contributed by atoms with Crippen molar-refractivity contribution in [3.05, 3.63) is 64.2 Å². The molecule has 0 spiro atoms. The van der Waals surface area contributed by atoms with E-state index in [4.69, 9.17) is 11.6 Å². The third-order valence-corrected chi connectivity index (χ3v) is 4.77. The summed E-state index contributed by atoms with van der Waals surface area (Å²) in [6, 6.07) is 13.2. The lowest BCUT2D eigenvalue weighted by Gasteiger charge is -2.17. The van der Waals surface area contributed by atoms with E-state index >= 15 is 0 Å². The number of rotatable bonds is 7. The van der Waals surface area contributed by atoms with Crippen molar-refractivity contribution in [3.63, 3.8) is 0 Å². The molecule has 144 valence electrons. The van der Waals surface area contributed by atoms with E-state index in [-0.39, 0.29) is 30.4 Å². The summed E-state index contributed by atoms with van der Waals surface area (Å²) in [6.07, 6.45) is 0. The van der Waals surface area contributed by atoms with Gasteiger partial charge in [-0.15, -0.1) is 0 Å². The highest BCUT2D eigenvalue weighted by Gasteiger charge is 2.21. The molecule has 0 aliphatic carbocycles. The number of benzene rings is 2. The highest BCUT2D eigenvalue weighted by atomic mass is 35.5. The summed E-state index contributed by atoms with van der Waals surface area (Å²) in [5.41, 5.74) is 3.83. The fraction of sp³-hybridized carbons (Fsp3) is 0.333. The number of halogens is 1. The highest BCUT2D eigenvalue weighted by Crippen LogP contribution is 2.19. The first-order valence-corrected chi connectivity index (χ1v) is 9.40. The van der Waals surface area contributed by atoms with E-state index in [0.717, 1.165) is 22.4 Å². The molecule has 2 amide bonds. The van der Waals surface area contributed by atoms with Gasteiger partial charge in [0.2, 0.25) is 5.91 Å². The molecule has 0 heterocycles. The molecular formula is C21H27ClN3O2+. The lowest BCUT2D eigenvalue weighted by atomic mass is 10.1. The monoisotopic (exact) mass is 388 g/mol. The molecule has 27 heavy (non-hydrogen) atoms. The fourth-order valence-electron chi connectivity index (χ4n) is 2.94. The number of hydrogen-bond acceptors (Lipinski definition) is 2. The first-order valence-electron chi connectivity index (χ1n) is 9.02. The number of carbonyl (C=O) groups excluding carboxylic acids is 2. The Kier molecular flexibility index (Phi) is 7.39. The molecule has 0 bridgehead atoms. The van der Waals surface area contributed by atoms with Gasteiger partial charge in [0.1, 0.15) is 6.04 Å². The molecule has 6 heteroatoms. The van der Waals surface area contributed by atoms with Gasteiger partial charge < -0.3 is 16.0 Å². The summed E-state index contributed by atoms with van der Waals surface area (Å²) < 4.78 is 0. The zero-order chi connectivity index (χ0) is 20.0. The minimum Gasteiger partial charge on any atom is -0.342 e. The number of carbonyl (C=O) groups is 2. The van der Waals surface area contributed by atoms with Gasteiger partial charge in [0.15, 0.2) is 6.04 Å². The van der Waals surface area contributed by atoms with Crippen molar-refractivity contribution in [3.8, 4) is 0 Å². The van der Waals surface area contributed by atoms with Gasteiger partial charge in [-0.2, -0.15) is 0 Å². The van der Waals surface area contributed by atoms with Crippen LogP contribution >= 0.6 is 11.6 Å². The number of nitrogens with one attached hydrogen (secondary N) is 2. The molecule has 2 aromatic rings. The van der Waals surface area contributed by atoms with Crippen molar-refractivity contribution in [2.24, 2.45) is 0 Å². The van der Waals surface area contributed by atoms with Crippen LogP contribution in [-0.2, 0) is 9.59 Å². The molecule has 0 fully saturated rings. The summed E-state index contributed by atoms with van der Waals surface area (Å²) in [6.45, 7) is 7.66. The third-order valence-electron chi connectivity index (χ3n) is 4.53. The summed E-state index contributed by atoms with van der Waals surface area (Å²) >= 11 is 6.02. The first-order chi connectivity index (χ1) is 12.8. The molecule has 2 aromatic carbocycles. The summed E-state index contributed by atoms with van der Waals surface area (Å²) in [4.78, 5) is 24.5. The van der Waals surface area contributed by atoms with E-state index in [1.165, 1.54) is 0 Å². The summed E-state index contributed by atoms with van der Waals surface area (Å²) in [5, 5.41) is 8.19. The third kappa shape index (κ3) is 6.08.